The van der Waals surface area contributed by atoms with Crippen LogP contribution in [0.2, 0.25) is 0 Å². The molecule has 23 heavy (non-hydrogen) atoms. The molecule has 0 aliphatic carbocycles. The highest BCUT2D eigenvalue weighted by Crippen LogP contribution is 2.21. The summed E-state index contributed by atoms with van der Waals surface area (Å²) in [5.41, 5.74) is 0.492. The summed E-state index contributed by atoms with van der Waals surface area (Å²) >= 11 is 0. The van der Waals surface area contributed by atoms with Gasteiger partial charge in [-0.15, -0.1) is 0 Å². The van der Waals surface area contributed by atoms with Crippen LogP contribution in [0.15, 0.2) is 30.3 Å². The zero-order valence-corrected chi connectivity index (χ0v) is 13.5. The minimum atomic E-state index is -1.56. The summed E-state index contributed by atoms with van der Waals surface area (Å²) in [6.07, 6.45) is 1.28. The molecule has 0 unspecified atom stereocenters. The zero-order chi connectivity index (χ0) is 17.0. The highest BCUT2D eigenvalue weighted by atomic mass is 16.4. The minimum Gasteiger partial charge on any atom is -0.426 e. The number of likely N-dealkylation sites (tertiary alicyclic amines) is 1. The monoisotopic (exact) mass is 318 g/mol. The fraction of sp³-hybridized carbons (Fsp3) is 0.500. The normalized spacial score (nSPS) is 18.8. The molecule has 0 aromatic heterocycles. The van der Waals surface area contributed by atoms with Gasteiger partial charge in [0.05, 0.1) is 5.94 Å². The molecule has 0 bridgehead atoms. The van der Waals surface area contributed by atoms with E-state index in [1.54, 1.807) is 24.3 Å². The molecule has 0 saturated carbocycles. The lowest BCUT2D eigenvalue weighted by Gasteiger charge is -2.30. The van der Waals surface area contributed by atoms with E-state index in [0.717, 1.165) is 6.42 Å². The van der Waals surface area contributed by atoms with E-state index in [4.69, 9.17) is 0 Å². The van der Waals surface area contributed by atoms with Crippen molar-refractivity contribution in [1.29, 1.82) is 0 Å². The van der Waals surface area contributed by atoms with Gasteiger partial charge in [0.1, 0.15) is 6.04 Å². The first-order valence-electron chi connectivity index (χ1n) is 7.94. The summed E-state index contributed by atoms with van der Waals surface area (Å²) in [5, 5.41) is 21.6. The van der Waals surface area contributed by atoms with Gasteiger partial charge in [0.15, 0.2) is 0 Å². The largest absolute Gasteiger partial charge is 0.475 e. The lowest BCUT2D eigenvalue weighted by molar-refractivity contribution is -0.134. The fourth-order valence-electron chi connectivity index (χ4n) is 2.88. The van der Waals surface area contributed by atoms with Crippen molar-refractivity contribution in [2.75, 3.05) is 6.54 Å². The molecule has 1 fully saturated rings. The van der Waals surface area contributed by atoms with Crippen molar-refractivity contribution < 1.29 is 19.6 Å². The maximum absolute atomic E-state index is 12.8. The van der Waals surface area contributed by atoms with Crippen LogP contribution in [-0.2, 0) is 4.79 Å². The second-order valence-corrected chi connectivity index (χ2v) is 6.22. The van der Waals surface area contributed by atoms with Gasteiger partial charge >= 0.3 is 7.12 Å². The Bertz CT molecular complexity index is 550. The van der Waals surface area contributed by atoms with Gasteiger partial charge in [-0.05, 0) is 30.9 Å². The first-order valence-corrected chi connectivity index (χ1v) is 7.94. The number of amides is 2. The number of hydrogen-bond acceptors (Lipinski definition) is 4. The number of nitrogens with one attached hydrogen (secondary N) is 1. The molecule has 124 valence electrons. The van der Waals surface area contributed by atoms with Gasteiger partial charge in [-0.25, -0.2) is 0 Å². The lowest BCUT2D eigenvalue weighted by Crippen LogP contribution is -2.55. The number of rotatable bonds is 5. The van der Waals surface area contributed by atoms with E-state index in [1.165, 1.54) is 4.90 Å². The standard InChI is InChI=1S/C16H23BN2O4/c1-11(2)14(18-15(20)12-7-4-3-5-8-12)16(21)19-10-6-9-13(19)17(22)23/h3-5,7-8,11,13-14,22-23H,6,9-10H2,1-2H3,(H,18,20)/t13-,14-/m0/s1. The van der Waals surface area contributed by atoms with Crippen molar-refractivity contribution in [2.45, 2.75) is 38.7 Å². The van der Waals surface area contributed by atoms with Crippen molar-refractivity contribution in [3.05, 3.63) is 35.9 Å². The summed E-state index contributed by atoms with van der Waals surface area (Å²) in [5.74, 6) is -1.28. The number of carbonyl (C=O) groups excluding carboxylic acids is 2. The Morgan fingerprint density at radius 2 is 1.91 bits per heavy atom. The van der Waals surface area contributed by atoms with Crippen molar-refractivity contribution in [3.63, 3.8) is 0 Å². The average Bonchev–Trinajstić information content (AvgIpc) is 3.02. The van der Waals surface area contributed by atoms with E-state index in [-0.39, 0.29) is 17.7 Å². The van der Waals surface area contributed by atoms with Gasteiger partial charge < -0.3 is 20.3 Å². The quantitative estimate of drug-likeness (QED) is 0.688. The predicted molar refractivity (Wildman–Crippen MR) is 87.5 cm³/mol. The third-order valence-electron chi connectivity index (χ3n) is 4.18. The maximum atomic E-state index is 12.8. The molecule has 2 rings (SSSR count). The second-order valence-electron chi connectivity index (χ2n) is 6.22. The number of nitrogens with zero attached hydrogens (tertiary/aromatic N) is 1. The molecule has 7 heteroatoms. The topological polar surface area (TPSA) is 89.9 Å². The minimum absolute atomic E-state index is 0.104. The van der Waals surface area contributed by atoms with Gasteiger partial charge in [-0.3, -0.25) is 9.59 Å². The Balaban J connectivity index is 2.12. The van der Waals surface area contributed by atoms with Gasteiger partial charge in [0, 0.05) is 12.1 Å². The molecule has 6 nitrogen and oxygen atoms in total. The van der Waals surface area contributed by atoms with Crippen LogP contribution in [0, 0.1) is 5.92 Å². The second kappa shape index (κ2) is 7.61. The summed E-state index contributed by atoms with van der Waals surface area (Å²) in [6, 6.07) is 8.03. The molecule has 0 spiro atoms. The first-order chi connectivity index (χ1) is 10.9. The smallest absolute Gasteiger partial charge is 0.426 e. The first kappa shape index (κ1) is 17.5. The average molecular weight is 318 g/mol. The Morgan fingerprint density at radius 1 is 1.26 bits per heavy atom. The summed E-state index contributed by atoms with van der Waals surface area (Å²) in [4.78, 5) is 26.5. The van der Waals surface area contributed by atoms with Crippen molar-refractivity contribution in [3.8, 4) is 0 Å². The summed E-state index contributed by atoms with van der Waals surface area (Å²) in [6.45, 7) is 4.19. The molecular weight excluding hydrogens is 295 g/mol. The molecule has 1 heterocycles. The van der Waals surface area contributed by atoms with Crippen LogP contribution in [-0.4, -0.2) is 52.4 Å². The molecular formula is C16H23BN2O4. The lowest BCUT2D eigenvalue weighted by atomic mass is 9.77. The van der Waals surface area contributed by atoms with E-state index in [9.17, 15) is 19.6 Å². The van der Waals surface area contributed by atoms with Gasteiger partial charge in [-0.2, -0.15) is 0 Å². The molecule has 2 amide bonds. The Morgan fingerprint density at radius 3 is 2.48 bits per heavy atom. The van der Waals surface area contributed by atoms with Gasteiger partial charge in [-0.1, -0.05) is 32.0 Å². The van der Waals surface area contributed by atoms with Gasteiger partial charge in [0.25, 0.3) is 5.91 Å². The van der Waals surface area contributed by atoms with E-state index >= 15 is 0 Å². The number of carbonyl (C=O) groups is 2. The predicted octanol–water partition coefficient (Wildman–Crippen LogP) is 0.444. The van der Waals surface area contributed by atoms with Crippen molar-refractivity contribution >= 4 is 18.9 Å². The Kier molecular flexibility index (Phi) is 5.79. The SMILES string of the molecule is CC(C)[C@H](NC(=O)c1ccccc1)C(=O)N1CCC[C@H]1B(O)O. The molecule has 3 N–H and O–H groups in total. The van der Waals surface area contributed by atoms with Crippen molar-refractivity contribution in [2.24, 2.45) is 5.92 Å². The van der Waals surface area contributed by atoms with Crippen LogP contribution >= 0.6 is 0 Å². The van der Waals surface area contributed by atoms with Crippen LogP contribution in [0.3, 0.4) is 0 Å². The van der Waals surface area contributed by atoms with Gasteiger partial charge in [0.2, 0.25) is 5.91 Å². The third-order valence-corrected chi connectivity index (χ3v) is 4.18. The molecule has 1 aromatic carbocycles. The molecule has 1 aromatic rings. The molecule has 0 radical (unpaired) electrons. The van der Waals surface area contributed by atoms with E-state index in [1.807, 2.05) is 19.9 Å². The van der Waals surface area contributed by atoms with Crippen LogP contribution < -0.4 is 5.32 Å². The summed E-state index contributed by atoms with van der Waals surface area (Å²) < 4.78 is 0. The van der Waals surface area contributed by atoms with E-state index in [0.29, 0.717) is 18.5 Å². The van der Waals surface area contributed by atoms with Crippen LogP contribution in [0.5, 0.6) is 0 Å². The van der Waals surface area contributed by atoms with E-state index < -0.39 is 19.1 Å². The molecule has 1 aliphatic heterocycles. The van der Waals surface area contributed by atoms with Crippen LogP contribution in [0.1, 0.15) is 37.0 Å². The number of hydrogen-bond donors (Lipinski definition) is 3. The Hall–Kier alpha value is -1.86. The number of benzene rings is 1. The van der Waals surface area contributed by atoms with E-state index in [2.05, 4.69) is 5.32 Å². The molecule has 1 aliphatic rings. The summed E-state index contributed by atoms with van der Waals surface area (Å²) in [7, 11) is -1.56. The highest BCUT2D eigenvalue weighted by molar-refractivity contribution is 6.43. The van der Waals surface area contributed by atoms with Crippen molar-refractivity contribution in [1.82, 2.24) is 10.2 Å². The van der Waals surface area contributed by atoms with Crippen LogP contribution in [0.4, 0.5) is 0 Å². The maximum Gasteiger partial charge on any atom is 0.475 e. The molecule has 2 atom stereocenters. The molecule has 1 saturated heterocycles. The third kappa shape index (κ3) is 4.12. The van der Waals surface area contributed by atoms with Crippen LogP contribution in [0.25, 0.3) is 0 Å². The fourth-order valence-corrected chi connectivity index (χ4v) is 2.88. The highest BCUT2D eigenvalue weighted by Gasteiger charge is 2.40. The Labute approximate surface area is 136 Å². The zero-order valence-electron chi connectivity index (χ0n) is 13.5.